The molecule has 6 nitrogen and oxygen atoms in total. The van der Waals surface area contributed by atoms with E-state index in [0.29, 0.717) is 6.42 Å². The van der Waals surface area contributed by atoms with E-state index in [1.165, 1.54) is 6.92 Å². The SMILES string of the molecule is CC[C@H](C)[C@H](NN[C@H](C=O)Cc1c[nH]c2ccccc12)C(=O)C(C)=O. The van der Waals surface area contributed by atoms with Gasteiger partial charge in [-0.05, 0) is 24.0 Å². The zero-order chi connectivity index (χ0) is 18.4. The molecule has 3 N–H and O–H groups in total. The van der Waals surface area contributed by atoms with Crippen molar-refractivity contribution in [2.45, 2.75) is 45.7 Å². The van der Waals surface area contributed by atoms with Gasteiger partial charge in [-0.25, -0.2) is 10.9 Å². The third-order valence-corrected chi connectivity index (χ3v) is 4.55. The van der Waals surface area contributed by atoms with E-state index in [1.807, 2.05) is 44.3 Å². The third-order valence-electron chi connectivity index (χ3n) is 4.55. The Morgan fingerprint density at radius 1 is 1.24 bits per heavy atom. The van der Waals surface area contributed by atoms with Gasteiger partial charge in [0.1, 0.15) is 6.29 Å². The molecular formula is C19H25N3O3. The Hall–Kier alpha value is -2.31. The minimum atomic E-state index is -0.645. The fourth-order valence-electron chi connectivity index (χ4n) is 2.79. The number of hydrazine groups is 1. The number of ketones is 2. The van der Waals surface area contributed by atoms with Crippen molar-refractivity contribution in [1.29, 1.82) is 0 Å². The predicted octanol–water partition coefficient (Wildman–Crippen LogP) is 1.94. The van der Waals surface area contributed by atoms with Gasteiger partial charge in [-0.2, -0.15) is 0 Å². The first-order valence-electron chi connectivity index (χ1n) is 8.54. The molecule has 0 bridgehead atoms. The van der Waals surface area contributed by atoms with Gasteiger partial charge >= 0.3 is 0 Å². The maximum Gasteiger partial charge on any atom is 0.216 e. The summed E-state index contributed by atoms with van der Waals surface area (Å²) in [5, 5.41) is 1.06. The lowest BCUT2D eigenvalue weighted by atomic mass is 9.94. The van der Waals surface area contributed by atoms with E-state index in [-0.39, 0.29) is 5.92 Å². The first-order valence-corrected chi connectivity index (χ1v) is 8.54. The average molecular weight is 343 g/mol. The lowest BCUT2D eigenvalue weighted by molar-refractivity contribution is -0.137. The van der Waals surface area contributed by atoms with E-state index in [9.17, 15) is 14.4 Å². The lowest BCUT2D eigenvalue weighted by Crippen LogP contribution is -2.54. The second-order valence-electron chi connectivity index (χ2n) is 6.38. The highest BCUT2D eigenvalue weighted by molar-refractivity contribution is 6.38. The number of rotatable bonds is 10. The average Bonchev–Trinajstić information content (AvgIpc) is 3.03. The van der Waals surface area contributed by atoms with E-state index >= 15 is 0 Å². The molecule has 0 spiro atoms. The van der Waals surface area contributed by atoms with Crippen molar-refractivity contribution in [2.75, 3.05) is 0 Å². The van der Waals surface area contributed by atoms with Crippen LogP contribution < -0.4 is 10.9 Å². The van der Waals surface area contributed by atoms with Crippen molar-refractivity contribution in [1.82, 2.24) is 15.8 Å². The summed E-state index contributed by atoms with van der Waals surface area (Å²) < 4.78 is 0. The Morgan fingerprint density at radius 2 is 1.96 bits per heavy atom. The molecule has 0 saturated carbocycles. The van der Waals surface area contributed by atoms with Crippen molar-refractivity contribution in [2.24, 2.45) is 5.92 Å². The number of aromatic amines is 1. The van der Waals surface area contributed by atoms with Crippen LogP contribution in [0, 0.1) is 5.92 Å². The number of hydrogen-bond acceptors (Lipinski definition) is 5. The van der Waals surface area contributed by atoms with Gasteiger partial charge in [-0.1, -0.05) is 38.5 Å². The van der Waals surface area contributed by atoms with Crippen molar-refractivity contribution < 1.29 is 14.4 Å². The number of fused-ring (bicyclic) bond motifs is 1. The minimum absolute atomic E-state index is 0.0238. The number of para-hydroxylation sites is 1. The van der Waals surface area contributed by atoms with Gasteiger partial charge in [0.25, 0.3) is 0 Å². The van der Waals surface area contributed by atoms with Crippen LogP contribution in [0.1, 0.15) is 32.8 Å². The molecular weight excluding hydrogens is 318 g/mol. The van der Waals surface area contributed by atoms with Crippen LogP contribution in [0.3, 0.4) is 0 Å². The zero-order valence-corrected chi connectivity index (χ0v) is 14.8. The van der Waals surface area contributed by atoms with Gasteiger partial charge in [-0.15, -0.1) is 0 Å². The zero-order valence-electron chi connectivity index (χ0n) is 14.8. The summed E-state index contributed by atoms with van der Waals surface area (Å²) in [4.78, 5) is 38.2. The van der Waals surface area contributed by atoms with Crippen LogP contribution >= 0.6 is 0 Å². The van der Waals surface area contributed by atoms with Crippen LogP contribution in [0.25, 0.3) is 10.9 Å². The van der Waals surface area contributed by atoms with Crippen LogP contribution in [0.15, 0.2) is 30.5 Å². The smallest absolute Gasteiger partial charge is 0.216 e. The van der Waals surface area contributed by atoms with Gasteiger partial charge < -0.3 is 9.78 Å². The maximum absolute atomic E-state index is 12.1. The summed E-state index contributed by atoms with van der Waals surface area (Å²) in [5.74, 6) is -0.984. The first kappa shape index (κ1) is 19.0. The molecule has 1 aromatic carbocycles. The number of Topliss-reactive ketones (excluding diaryl/α,β-unsaturated/α-hetero) is 2. The molecule has 0 aliphatic rings. The number of H-pyrrole nitrogens is 1. The van der Waals surface area contributed by atoms with Crippen LogP contribution in [0.5, 0.6) is 0 Å². The van der Waals surface area contributed by atoms with E-state index in [1.54, 1.807) is 0 Å². The highest BCUT2D eigenvalue weighted by atomic mass is 16.2. The standard InChI is InChI=1S/C19H25N3O3/c1-4-12(2)18(19(25)13(3)24)22-21-15(11-23)9-14-10-20-17-8-6-5-7-16(14)17/h5-8,10-12,15,18,20-22H,4,9H2,1-3H3/t12-,15-,18-/m0/s1. The molecule has 2 aromatic rings. The normalized spacial score (nSPS) is 14.8. The van der Waals surface area contributed by atoms with Crippen molar-refractivity contribution in [3.63, 3.8) is 0 Å². The lowest BCUT2D eigenvalue weighted by Gasteiger charge is -2.24. The Labute approximate surface area is 147 Å². The maximum atomic E-state index is 12.1. The van der Waals surface area contributed by atoms with Gasteiger partial charge in [0.15, 0.2) is 5.78 Å². The number of nitrogens with one attached hydrogen (secondary N) is 3. The van der Waals surface area contributed by atoms with E-state index < -0.39 is 23.7 Å². The van der Waals surface area contributed by atoms with E-state index in [4.69, 9.17) is 0 Å². The molecule has 0 radical (unpaired) electrons. The van der Waals surface area contributed by atoms with E-state index in [0.717, 1.165) is 29.2 Å². The highest BCUT2D eigenvalue weighted by Crippen LogP contribution is 2.18. The third kappa shape index (κ3) is 4.61. The van der Waals surface area contributed by atoms with Gasteiger partial charge in [-0.3, -0.25) is 9.59 Å². The molecule has 0 aliphatic carbocycles. The number of carbonyl (C=O) groups is 3. The largest absolute Gasteiger partial charge is 0.361 e. The fraction of sp³-hybridized carbons (Fsp3) is 0.421. The molecule has 1 heterocycles. The molecule has 0 unspecified atom stereocenters. The molecule has 134 valence electrons. The van der Waals surface area contributed by atoms with Crippen molar-refractivity contribution >= 4 is 28.8 Å². The molecule has 0 aliphatic heterocycles. The second-order valence-corrected chi connectivity index (χ2v) is 6.38. The Morgan fingerprint density at radius 3 is 2.60 bits per heavy atom. The summed E-state index contributed by atoms with van der Waals surface area (Å²) >= 11 is 0. The highest BCUT2D eigenvalue weighted by Gasteiger charge is 2.27. The van der Waals surface area contributed by atoms with Crippen molar-refractivity contribution in [3.05, 3.63) is 36.0 Å². The van der Waals surface area contributed by atoms with Crippen LogP contribution in [-0.4, -0.2) is 34.9 Å². The Balaban J connectivity index is 2.06. The van der Waals surface area contributed by atoms with Crippen LogP contribution in [0.4, 0.5) is 0 Å². The summed E-state index contributed by atoms with van der Waals surface area (Å²) in [5.41, 5.74) is 7.85. The monoisotopic (exact) mass is 343 g/mol. The summed E-state index contributed by atoms with van der Waals surface area (Å²) in [6, 6.07) is 6.72. The Kier molecular flexibility index (Phi) is 6.61. The molecule has 3 atom stereocenters. The number of aromatic nitrogens is 1. The minimum Gasteiger partial charge on any atom is -0.361 e. The number of aldehydes is 1. The van der Waals surface area contributed by atoms with Crippen LogP contribution in [-0.2, 0) is 20.8 Å². The summed E-state index contributed by atoms with van der Waals surface area (Å²) in [6.45, 7) is 5.12. The van der Waals surface area contributed by atoms with Crippen molar-refractivity contribution in [3.8, 4) is 0 Å². The number of carbonyl (C=O) groups excluding carboxylic acids is 3. The molecule has 0 saturated heterocycles. The second kappa shape index (κ2) is 8.69. The predicted molar refractivity (Wildman–Crippen MR) is 97.1 cm³/mol. The molecule has 1 aromatic heterocycles. The van der Waals surface area contributed by atoms with Gasteiger partial charge in [0.05, 0.1) is 12.1 Å². The van der Waals surface area contributed by atoms with Crippen LogP contribution in [0.2, 0.25) is 0 Å². The van der Waals surface area contributed by atoms with E-state index in [2.05, 4.69) is 15.8 Å². The molecule has 0 amide bonds. The first-order chi connectivity index (χ1) is 12.0. The quantitative estimate of drug-likeness (QED) is 0.348. The molecule has 25 heavy (non-hydrogen) atoms. The topological polar surface area (TPSA) is 91.1 Å². The van der Waals surface area contributed by atoms with Gasteiger partial charge in [0.2, 0.25) is 5.78 Å². The fourth-order valence-corrected chi connectivity index (χ4v) is 2.79. The number of hydrogen-bond donors (Lipinski definition) is 3. The summed E-state index contributed by atoms with van der Waals surface area (Å²) in [6.07, 6.45) is 3.91. The molecule has 6 heteroatoms. The van der Waals surface area contributed by atoms with Gasteiger partial charge in [0, 0.05) is 24.0 Å². The number of benzene rings is 1. The molecule has 2 rings (SSSR count). The Bertz CT molecular complexity index is 753. The summed E-state index contributed by atoms with van der Waals surface area (Å²) in [7, 11) is 0. The molecule has 0 fully saturated rings.